The molecule has 0 aliphatic carbocycles. The van der Waals surface area contributed by atoms with Gasteiger partial charge in [0.25, 0.3) is 0 Å². The predicted octanol–water partition coefficient (Wildman–Crippen LogP) is -0.235. The Morgan fingerprint density at radius 3 is 3.12 bits per heavy atom. The van der Waals surface area contributed by atoms with Gasteiger partial charge in [-0.25, -0.2) is 0 Å². The SMILES string of the molecule is COCCNCC(=O)NCC1CCCOC1. The average Bonchev–Trinajstić information content (AvgIpc) is 2.33. The average molecular weight is 230 g/mol. The van der Waals surface area contributed by atoms with Crippen LogP contribution in [0.5, 0.6) is 0 Å². The van der Waals surface area contributed by atoms with Gasteiger partial charge in [0.15, 0.2) is 0 Å². The van der Waals surface area contributed by atoms with Gasteiger partial charge < -0.3 is 20.1 Å². The highest BCUT2D eigenvalue weighted by Gasteiger charge is 2.14. The van der Waals surface area contributed by atoms with Crippen LogP contribution in [0.1, 0.15) is 12.8 Å². The summed E-state index contributed by atoms with van der Waals surface area (Å²) < 4.78 is 10.2. The van der Waals surface area contributed by atoms with Crippen molar-refractivity contribution in [1.82, 2.24) is 10.6 Å². The van der Waals surface area contributed by atoms with Gasteiger partial charge in [-0.2, -0.15) is 0 Å². The van der Waals surface area contributed by atoms with Crippen molar-refractivity contribution in [2.75, 3.05) is 46.6 Å². The van der Waals surface area contributed by atoms with Crippen LogP contribution in [-0.2, 0) is 14.3 Å². The number of amides is 1. The number of hydrogen-bond acceptors (Lipinski definition) is 4. The molecule has 1 heterocycles. The molecule has 0 aromatic rings. The maximum Gasteiger partial charge on any atom is 0.233 e. The lowest BCUT2D eigenvalue weighted by Crippen LogP contribution is -2.39. The molecule has 5 heteroatoms. The van der Waals surface area contributed by atoms with Gasteiger partial charge in [0.2, 0.25) is 5.91 Å². The smallest absolute Gasteiger partial charge is 0.233 e. The molecular weight excluding hydrogens is 208 g/mol. The van der Waals surface area contributed by atoms with Gasteiger partial charge in [0.05, 0.1) is 19.8 Å². The third-order valence-electron chi connectivity index (χ3n) is 2.61. The quantitative estimate of drug-likeness (QED) is 0.593. The topological polar surface area (TPSA) is 59.6 Å². The molecule has 0 radical (unpaired) electrons. The summed E-state index contributed by atoms with van der Waals surface area (Å²) >= 11 is 0. The second-order valence-corrected chi connectivity index (χ2v) is 4.06. The molecule has 2 N–H and O–H groups in total. The molecule has 16 heavy (non-hydrogen) atoms. The van der Waals surface area contributed by atoms with Crippen LogP contribution in [0.15, 0.2) is 0 Å². The van der Waals surface area contributed by atoms with Crippen LogP contribution in [0.4, 0.5) is 0 Å². The minimum atomic E-state index is 0.0432. The number of carbonyl (C=O) groups is 1. The van der Waals surface area contributed by atoms with E-state index in [9.17, 15) is 4.79 Å². The molecule has 1 amide bonds. The predicted molar refractivity (Wildman–Crippen MR) is 61.3 cm³/mol. The number of methoxy groups -OCH3 is 1. The maximum atomic E-state index is 11.4. The largest absolute Gasteiger partial charge is 0.383 e. The number of ether oxygens (including phenoxy) is 2. The summed E-state index contributed by atoms with van der Waals surface area (Å²) in [6.45, 7) is 4.06. The van der Waals surface area contributed by atoms with Crippen molar-refractivity contribution in [1.29, 1.82) is 0 Å². The number of nitrogens with one attached hydrogen (secondary N) is 2. The van der Waals surface area contributed by atoms with Crippen LogP contribution in [-0.4, -0.2) is 52.5 Å². The van der Waals surface area contributed by atoms with E-state index in [1.54, 1.807) is 7.11 Å². The number of rotatable bonds is 7. The highest BCUT2D eigenvalue weighted by atomic mass is 16.5. The molecule has 0 aromatic carbocycles. The van der Waals surface area contributed by atoms with Gasteiger partial charge in [-0.1, -0.05) is 0 Å². The Balaban J connectivity index is 1.96. The van der Waals surface area contributed by atoms with Crippen molar-refractivity contribution in [3.63, 3.8) is 0 Å². The van der Waals surface area contributed by atoms with Crippen molar-refractivity contribution in [2.24, 2.45) is 5.92 Å². The maximum absolute atomic E-state index is 11.4. The Kier molecular flexibility index (Phi) is 7.12. The standard InChI is InChI=1S/C11H22N2O3/c1-15-6-4-12-8-11(14)13-7-10-3-2-5-16-9-10/h10,12H,2-9H2,1H3,(H,13,14). The Morgan fingerprint density at radius 1 is 1.56 bits per heavy atom. The van der Waals surface area contributed by atoms with Gasteiger partial charge in [0.1, 0.15) is 0 Å². The first-order chi connectivity index (χ1) is 7.83. The van der Waals surface area contributed by atoms with E-state index in [2.05, 4.69) is 10.6 Å². The van der Waals surface area contributed by atoms with Crippen molar-refractivity contribution < 1.29 is 14.3 Å². The molecule has 1 unspecified atom stereocenters. The molecule has 1 aliphatic heterocycles. The summed E-state index contributed by atoms with van der Waals surface area (Å²) in [6, 6.07) is 0. The van der Waals surface area contributed by atoms with Crippen LogP contribution in [0.25, 0.3) is 0 Å². The molecule has 0 spiro atoms. The van der Waals surface area contributed by atoms with Crippen molar-refractivity contribution >= 4 is 5.91 Å². The van der Waals surface area contributed by atoms with Crippen LogP contribution in [0.2, 0.25) is 0 Å². The molecule has 0 saturated carbocycles. The molecule has 1 atom stereocenters. The first-order valence-electron chi connectivity index (χ1n) is 5.87. The molecule has 1 fully saturated rings. The summed E-state index contributed by atoms with van der Waals surface area (Å²) in [4.78, 5) is 11.4. The molecular formula is C11H22N2O3. The van der Waals surface area contributed by atoms with E-state index >= 15 is 0 Å². The van der Waals surface area contributed by atoms with E-state index in [0.29, 0.717) is 25.6 Å². The van der Waals surface area contributed by atoms with Crippen LogP contribution >= 0.6 is 0 Å². The summed E-state index contributed by atoms with van der Waals surface area (Å²) in [5.74, 6) is 0.526. The lowest BCUT2D eigenvalue weighted by Gasteiger charge is -2.22. The van der Waals surface area contributed by atoms with Crippen LogP contribution in [0.3, 0.4) is 0 Å². The van der Waals surface area contributed by atoms with E-state index in [1.807, 2.05) is 0 Å². The van der Waals surface area contributed by atoms with Gasteiger partial charge in [-0.3, -0.25) is 4.79 Å². The molecule has 1 rings (SSSR count). The van der Waals surface area contributed by atoms with E-state index < -0.39 is 0 Å². The van der Waals surface area contributed by atoms with Gasteiger partial charge in [-0.05, 0) is 18.8 Å². The first kappa shape index (κ1) is 13.4. The second-order valence-electron chi connectivity index (χ2n) is 4.06. The summed E-state index contributed by atoms with van der Waals surface area (Å²) in [6.07, 6.45) is 2.25. The fourth-order valence-corrected chi connectivity index (χ4v) is 1.67. The number of carbonyl (C=O) groups excluding carboxylic acids is 1. The zero-order chi connectivity index (χ0) is 11.6. The third-order valence-corrected chi connectivity index (χ3v) is 2.61. The van der Waals surface area contributed by atoms with Gasteiger partial charge in [-0.15, -0.1) is 0 Å². The van der Waals surface area contributed by atoms with E-state index in [-0.39, 0.29) is 5.91 Å². The third kappa shape index (κ3) is 6.05. The van der Waals surface area contributed by atoms with Gasteiger partial charge >= 0.3 is 0 Å². The van der Waals surface area contributed by atoms with Gasteiger partial charge in [0, 0.05) is 26.8 Å². The first-order valence-corrected chi connectivity index (χ1v) is 5.87. The lowest BCUT2D eigenvalue weighted by atomic mass is 10.0. The molecule has 0 bridgehead atoms. The zero-order valence-corrected chi connectivity index (χ0v) is 9.96. The van der Waals surface area contributed by atoms with Crippen molar-refractivity contribution in [3.8, 4) is 0 Å². The molecule has 0 aromatic heterocycles. The normalized spacial score (nSPS) is 20.7. The Labute approximate surface area is 96.9 Å². The zero-order valence-electron chi connectivity index (χ0n) is 9.96. The summed E-state index contributed by atoms with van der Waals surface area (Å²) in [5, 5.41) is 5.91. The minimum absolute atomic E-state index is 0.0432. The highest BCUT2D eigenvalue weighted by molar-refractivity contribution is 5.77. The van der Waals surface area contributed by atoms with E-state index in [0.717, 1.165) is 32.6 Å². The Hall–Kier alpha value is -0.650. The highest BCUT2D eigenvalue weighted by Crippen LogP contribution is 2.11. The van der Waals surface area contributed by atoms with Crippen molar-refractivity contribution in [3.05, 3.63) is 0 Å². The van der Waals surface area contributed by atoms with Crippen LogP contribution < -0.4 is 10.6 Å². The fourth-order valence-electron chi connectivity index (χ4n) is 1.67. The van der Waals surface area contributed by atoms with Crippen LogP contribution in [0, 0.1) is 5.92 Å². The van der Waals surface area contributed by atoms with E-state index in [1.165, 1.54) is 0 Å². The Morgan fingerprint density at radius 2 is 2.44 bits per heavy atom. The monoisotopic (exact) mass is 230 g/mol. The molecule has 5 nitrogen and oxygen atoms in total. The number of hydrogen-bond donors (Lipinski definition) is 2. The summed E-state index contributed by atoms with van der Waals surface area (Å²) in [7, 11) is 1.64. The molecule has 1 saturated heterocycles. The fraction of sp³-hybridized carbons (Fsp3) is 0.909. The van der Waals surface area contributed by atoms with E-state index in [4.69, 9.17) is 9.47 Å². The van der Waals surface area contributed by atoms with Crippen molar-refractivity contribution in [2.45, 2.75) is 12.8 Å². The Bertz CT molecular complexity index is 194. The molecule has 1 aliphatic rings. The lowest BCUT2D eigenvalue weighted by molar-refractivity contribution is -0.120. The minimum Gasteiger partial charge on any atom is -0.383 e. The second kappa shape index (κ2) is 8.50. The molecule has 94 valence electrons. The summed E-state index contributed by atoms with van der Waals surface area (Å²) in [5.41, 5.74) is 0.